The number of carbonyl (C=O) groups excluding carboxylic acids is 1. The van der Waals surface area contributed by atoms with Gasteiger partial charge in [-0.25, -0.2) is 8.42 Å². The van der Waals surface area contributed by atoms with Gasteiger partial charge < -0.3 is 9.84 Å². The number of sulfonamides is 1. The molecule has 0 unspecified atom stereocenters. The van der Waals surface area contributed by atoms with Crippen LogP contribution in [-0.2, 0) is 21.4 Å². The number of nitrogens with one attached hydrogen (secondary N) is 2. The van der Waals surface area contributed by atoms with E-state index < -0.39 is 10.0 Å². The molecule has 2 N–H and O–H groups in total. The standard InChI is InChI=1S/C14H13BrN6O4S2/c1-2-10(22)17-13-19-20-14(26-13)27(23,24)16-7-11-18-12(21-25-11)8-4-3-5-9(15)6-8/h3-6,16H,2,7H2,1H3,(H,17,19,22). The Hall–Kier alpha value is -2.22. The number of amides is 1. The average Bonchev–Trinajstić information content (AvgIpc) is 3.30. The molecule has 0 saturated carbocycles. The van der Waals surface area contributed by atoms with E-state index in [0.29, 0.717) is 5.82 Å². The minimum atomic E-state index is -3.93. The Morgan fingerprint density at radius 2 is 2.15 bits per heavy atom. The first-order valence-corrected chi connectivity index (χ1v) is 10.7. The Balaban J connectivity index is 1.66. The van der Waals surface area contributed by atoms with Crippen LogP contribution in [0.1, 0.15) is 19.2 Å². The first-order chi connectivity index (χ1) is 12.9. The van der Waals surface area contributed by atoms with Crippen LogP contribution >= 0.6 is 27.3 Å². The highest BCUT2D eigenvalue weighted by Crippen LogP contribution is 2.22. The van der Waals surface area contributed by atoms with Gasteiger partial charge in [0.05, 0.1) is 6.54 Å². The highest BCUT2D eigenvalue weighted by molar-refractivity contribution is 9.10. The van der Waals surface area contributed by atoms with E-state index in [1.165, 1.54) is 0 Å². The van der Waals surface area contributed by atoms with Crippen molar-refractivity contribution in [3.63, 3.8) is 0 Å². The molecule has 0 atom stereocenters. The predicted octanol–water partition coefficient (Wildman–Crippen LogP) is 2.18. The van der Waals surface area contributed by atoms with Crippen LogP contribution in [-0.4, -0.2) is 34.7 Å². The monoisotopic (exact) mass is 472 g/mol. The normalized spacial score (nSPS) is 11.5. The van der Waals surface area contributed by atoms with E-state index in [9.17, 15) is 13.2 Å². The van der Waals surface area contributed by atoms with Crippen molar-refractivity contribution in [2.24, 2.45) is 0 Å². The molecule has 1 aromatic carbocycles. The minimum absolute atomic E-state index is 0.0950. The molecule has 0 aliphatic rings. The highest BCUT2D eigenvalue weighted by atomic mass is 79.9. The third-order valence-electron chi connectivity index (χ3n) is 3.17. The second-order valence-electron chi connectivity index (χ2n) is 5.12. The summed E-state index contributed by atoms with van der Waals surface area (Å²) in [7, 11) is -3.93. The average molecular weight is 473 g/mol. The Bertz CT molecular complexity index is 1070. The summed E-state index contributed by atoms with van der Waals surface area (Å²) >= 11 is 4.10. The van der Waals surface area contributed by atoms with E-state index >= 15 is 0 Å². The molecule has 10 nitrogen and oxygen atoms in total. The van der Waals surface area contributed by atoms with Crippen LogP contribution in [0.15, 0.2) is 37.6 Å². The fourth-order valence-electron chi connectivity index (χ4n) is 1.87. The number of nitrogens with zero attached hydrogens (tertiary/aromatic N) is 4. The van der Waals surface area contributed by atoms with Crippen LogP contribution in [0.2, 0.25) is 0 Å². The van der Waals surface area contributed by atoms with E-state index in [1.54, 1.807) is 13.0 Å². The second-order valence-corrected chi connectivity index (χ2v) is 8.96. The van der Waals surface area contributed by atoms with Gasteiger partial charge in [0.15, 0.2) is 0 Å². The van der Waals surface area contributed by atoms with Crippen LogP contribution in [0.3, 0.4) is 0 Å². The van der Waals surface area contributed by atoms with E-state index in [0.717, 1.165) is 21.4 Å². The van der Waals surface area contributed by atoms with Gasteiger partial charge in [-0.05, 0) is 12.1 Å². The first-order valence-electron chi connectivity index (χ1n) is 7.59. The maximum Gasteiger partial charge on any atom is 0.270 e. The number of anilines is 1. The molecule has 3 rings (SSSR count). The van der Waals surface area contributed by atoms with Gasteiger partial charge in [0, 0.05) is 16.5 Å². The molecule has 0 saturated heterocycles. The smallest absolute Gasteiger partial charge is 0.270 e. The molecule has 3 aromatic rings. The molecule has 2 aromatic heterocycles. The fourth-order valence-corrected chi connectivity index (χ4v) is 4.20. The second kappa shape index (κ2) is 8.21. The van der Waals surface area contributed by atoms with Crippen molar-refractivity contribution >= 4 is 48.3 Å². The summed E-state index contributed by atoms with van der Waals surface area (Å²) < 4.78 is 32.5. The molecule has 27 heavy (non-hydrogen) atoms. The van der Waals surface area contributed by atoms with Crippen molar-refractivity contribution in [1.82, 2.24) is 25.1 Å². The van der Waals surface area contributed by atoms with E-state index in [-0.39, 0.29) is 34.2 Å². The molecule has 142 valence electrons. The lowest BCUT2D eigenvalue weighted by Crippen LogP contribution is -2.23. The van der Waals surface area contributed by atoms with Crippen molar-refractivity contribution in [3.8, 4) is 11.4 Å². The van der Waals surface area contributed by atoms with Crippen molar-refractivity contribution in [3.05, 3.63) is 34.6 Å². The molecular formula is C14H13BrN6O4S2. The van der Waals surface area contributed by atoms with Crippen molar-refractivity contribution in [2.75, 3.05) is 5.32 Å². The maximum atomic E-state index is 12.3. The van der Waals surface area contributed by atoms with E-state index in [1.807, 2.05) is 18.2 Å². The van der Waals surface area contributed by atoms with Crippen molar-refractivity contribution < 1.29 is 17.7 Å². The van der Waals surface area contributed by atoms with Crippen molar-refractivity contribution in [2.45, 2.75) is 24.2 Å². The number of carbonyl (C=O) groups is 1. The highest BCUT2D eigenvalue weighted by Gasteiger charge is 2.22. The SMILES string of the molecule is CCC(=O)Nc1nnc(S(=O)(=O)NCc2nc(-c3cccc(Br)c3)no2)s1. The van der Waals surface area contributed by atoms with Gasteiger partial charge in [-0.1, -0.05) is 51.5 Å². The number of rotatable bonds is 7. The zero-order valence-electron chi connectivity index (χ0n) is 13.8. The summed E-state index contributed by atoms with van der Waals surface area (Å²) in [5.41, 5.74) is 0.725. The zero-order chi connectivity index (χ0) is 19.4. The quantitative estimate of drug-likeness (QED) is 0.498. The number of halogens is 1. The summed E-state index contributed by atoms with van der Waals surface area (Å²) in [5, 5.41) is 13.6. The summed E-state index contributed by atoms with van der Waals surface area (Å²) in [5.74, 6) is 0.151. The molecule has 1 amide bonds. The van der Waals surface area contributed by atoms with Crippen LogP contribution in [0.5, 0.6) is 0 Å². The van der Waals surface area contributed by atoms with Crippen molar-refractivity contribution in [1.29, 1.82) is 0 Å². The molecule has 0 aliphatic carbocycles. The third kappa shape index (κ3) is 4.94. The fraction of sp³-hybridized carbons (Fsp3) is 0.214. The molecule has 0 radical (unpaired) electrons. The molecule has 13 heteroatoms. The zero-order valence-corrected chi connectivity index (χ0v) is 17.1. The molecule has 0 fully saturated rings. The lowest BCUT2D eigenvalue weighted by molar-refractivity contribution is -0.115. The lowest BCUT2D eigenvalue weighted by Gasteiger charge is -1.99. The molecule has 0 bridgehead atoms. The Morgan fingerprint density at radius 1 is 1.33 bits per heavy atom. The van der Waals surface area contributed by atoms with Crippen LogP contribution < -0.4 is 10.0 Å². The summed E-state index contributed by atoms with van der Waals surface area (Å²) in [6, 6.07) is 7.30. The van der Waals surface area contributed by atoms with Crippen LogP contribution in [0.25, 0.3) is 11.4 Å². The number of hydrogen-bond donors (Lipinski definition) is 2. The predicted molar refractivity (Wildman–Crippen MR) is 100 cm³/mol. The van der Waals surface area contributed by atoms with Gasteiger partial charge in [0.1, 0.15) is 0 Å². The van der Waals surface area contributed by atoms with Gasteiger partial charge in [-0.2, -0.15) is 9.71 Å². The summed E-state index contributed by atoms with van der Waals surface area (Å²) in [6.07, 6.45) is 0.247. The number of aromatic nitrogens is 4. The summed E-state index contributed by atoms with van der Waals surface area (Å²) in [6.45, 7) is 1.46. The Kier molecular flexibility index (Phi) is 5.94. The number of hydrogen-bond acceptors (Lipinski definition) is 9. The molecular weight excluding hydrogens is 460 g/mol. The molecule has 0 aliphatic heterocycles. The van der Waals surface area contributed by atoms with Gasteiger partial charge in [-0.15, -0.1) is 10.2 Å². The first kappa shape index (κ1) is 19.5. The van der Waals surface area contributed by atoms with Gasteiger partial charge >= 0.3 is 0 Å². The van der Waals surface area contributed by atoms with Gasteiger partial charge in [0.25, 0.3) is 10.0 Å². The lowest BCUT2D eigenvalue weighted by atomic mass is 10.2. The topological polar surface area (TPSA) is 140 Å². The van der Waals surface area contributed by atoms with Gasteiger partial charge in [0.2, 0.25) is 27.1 Å². The van der Waals surface area contributed by atoms with Crippen LogP contribution in [0.4, 0.5) is 5.13 Å². The molecule has 0 spiro atoms. The molecule has 2 heterocycles. The largest absolute Gasteiger partial charge is 0.338 e. The van der Waals surface area contributed by atoms with E-state index in [4.69, 9.17) is 4.52 Å². The Morgan fingerprint density at radius 3 is 2.89 bits per heavy atom. The minimum Gasteiger partial charge on any atom is -0.338 e. The van der Waals surface area contributed by atoms with Crippen LogP contribution in [0, 0.1) is 0 Å². The van der Waals surface area contributed by atoms with Gasteiger partial charge in [-0.3, -0.25) is 4.79 Å². The number of benzene rings is 1. The Labute approximate surface area is 166 Å². The van der Waals surface area contributed by atoms with E-state index in [2.05, 4.69) is 46.3 Å². The third-order valence-corrected chi connectivity index (χ3v) is 6.27. The maximum absolute atomic E-state index is 12.3. The summed E-state index contributed by atoms with van der Waals surface area (Å²) in [4.78, 5) is 15.5.